The lowest BCUT2D eigenvalue weighted by molar-refractivity contribution is -0.302. The number of hydrazone groups is 1. The fraction of sp³-hybridized carbons (Fsp3) is 0.300. The summed E-state index contributed by atoms with van der Waals surface area (Å²) in [5.41, 5.74) is -1.38. The molecule has 28 heavy (non-hydrogen) atoms. The molecule has 0 aliphatic carbocycles. The van der Waals surface area contributed by atoms with E-state index >= 15 is 0 Å². The van der Waals surface area contributed by atoms with E-state index in [-0.39, 0.29) is 10.7 Å². The first-order valence-corrected chi connectivity index (χ1v) is 8.57. The van der Waals surface area contributed by atoms with Crippen molar-refractivity contribution in [1.82, 2.24) is 5.01 Å². The topological polar surface area (TPSA) is 62.1 Å². The minimum absolute atomic E-state index is 0.0240. The molecule has 1 amide bonds. The molecule has 1 aliphatic heterocycles. The van der Waals surface area contributed by atoms with E-state index in [1.54, 1.807) is 55.5 Å². The molecule has 3 rings (SSSR count). The van der Waals surface area contributed by atoms with Gasteiger partial charge in [-0.3, -0.25) is 4.79 Å². The number of aliphatic hydroxyl groups is 1. The van der Waals surface area contributed by atoms with Gasteiger partial charge in [-0.1, -0.05) is 48.0 Å². The molecule has 1 N–H and O–H groups in total. The predicted molar refractivity (Wildman–Crippen MR) is 96.9 cm³/mol. The quantitative estimate of drug-likeness (QED) is 0.865. The number of para-hydroxylation sites is 1. The van der Waals surface area contributed by atoms with Crippen LogP contribution in [0.4, 0.5) is 13.2 Å². The third kappa shape index (κ3) is 3.73. The van der Waals surface area contributed by atoms with Crippen molar-refractivity contribution in [2.24, 2.45) is 5.10 Å². The summed E-state index contributed by atoms with van der Waals surface area (Å²) in [6.07, 6.45) is -5.93. The first-order chi connectivity index (χ1) is 13.1. The molecule has 0 radical (unpaired) electrons. The van der Waals surface area contributed by atoms with Gasteiger partial charge in [0.15, 0.2) is 6.61 Å². The van der Waals surface area contributed by atoms with Crippen LogP contribution >= 0.6 is 0 Å². The van der Waals surface area contributed by atoms with Gasteiger partial charge in [0.2, 0.25) is 0 Å². The Hall–Kier alpha value is -2.87. The molecule has 148 valence electrons. The van der Waals surface area contributed by atoms with Crippen LogP contribution in [0.2, 0.25) is 0 Å². The molecule has 2 aromatic carbocycles. The summed E-state index contributed by atoms with van der Waals surface area (Å²) >= 11 is 0. The molecule has 1 heterocycles. The maximum atomic E-state index is 13.6. The van der Waals surface area contributed by atoms with Crippen LogP contribution in [0.15, 0.2) is 53.6 Å². The molecule has 8 heteroatoms. The summed E-state index contributed by atoms with van der Waals surface area (Å²) in [4.78, 5) is 12.5. The van der Waals surface area contributed by atoms with Crippen LogP contribution in [0, 0.1) is 13.8 Å². The van der Waals surface area contributed by atoms with Crippen LogP contribution in [0.3, 0.4) is 0 Å². The number of nitrogens with zero attached hydrogens (tertiary/aromatic N) is 2. The van der Waals surface area contributed by atoms with Gasteiger partial charge >= 0.3 is 6.18 Å². The normalized spacial score (nSPS) is 19.5. The maximum Gasteiger partial charge on any atom is 0.438 e. The first kappa shape index (κ1) is 19.9. The SMILES string of the molecule is Cc1ccc(C2=NN(C(=O)COc3ccccc3C)[C@@](O)(C(F)(F)F)C2)cc1. The Morgan fingerprint density at radius 2 is 1.82 bits per heavy atom. The van der Waals surface area contributed by atoms with Gasteiger partial charge < -0.3 is 9.84 Å². The van der Waals surface area contributed by atoms with Gasteiger partial charge in [-0.15, -0.1) is 0 Å². The highest BCUT2D eigenvalue weighted by Crippen LogP contribution is 2.41. The smallest absolute Gasteiger partial charge is 0.438 e. The highest BCUT2D eigenvalue weighted by atomic mass is 19.4. The van der Waals surface area contributed by atoms with Crippen molar-refractivity contribution in [2.45, 2.75) is 32.2 Å². The van der Waals surface area contributed by atoms with Crippen molar-refractivity contribution in [3.63, 3.8) is 0 Å². The second-order valence-electron chi connectivity index (χ2n) is 6.66. The van der Waals surface area contributed by atoms with Crippen molar-refractivity contribution >= 4 is 11.6 Å². The standard InChI is InChI=1S/C20H19F3N2O3/c1-13-7-9-15(10-8-13)16-11-19(27,20(21,22)23)25(24-16)18(26)12-28-17-6-4-3-5-14(17)2/h3-10,27H,11-12H2,1-2H3/t19-/m0/s1. The highest BCUT2D eigenvalue weighted by molar-refractivity contribution is 6.03. The van der Waals surface area contributed by atoms with Crippen molar-refractivity contribution in [3.05, 3.63) is 65.2 Å². The summed E-state index contributed by atoms with van der Waals surface area (Å²) in [6, 6.07) is 13.4. The average molecular weight is 392 g/mol. The number of carbonyl (C=O) groups excluding carboxylic acids is 1. The molecule has 1 atom stereocenters. The van der Waals surface area contributed by atoms with Crippen LogP contribution in [0.5, 0.6) is 5.75 Å². The van der Waals surface area contributed by atoms with Crippen molar-refractivity contribution in [3.8, 4) is 5.75 Å². The zero-order valence-electron chi connectivity index (χ0n) is 15.3. The van der Waals surface area contributed by atoms with Crippen LogP contribution in [0.25, 0.3) is 0 Å². The Morgan fingerprint density at radius 1 is 1.18 bits per heavy atom. The monoisotopic (exact) mass is 392 g/mol. The van der Waals surface area contributed by atoms with Crippen molar-refractivity contribution < 1.29 is 27.8 Å². The number of aryl methyl sites for hydroxylation is 2. The zero-order valence-corrected chi connectivity index (χ0v) is 15.3. The van der Waals surface area contributed by atoms with E-state index in [9.17, 15) is 23.1 Å². The fourth-order valence-corrected chi connectivity index (χ4v) is 2.85. The number of halogens is 3. The van der Waals surface area contributed by atoms with Gasteiger partial charge in [0.05, 0.1) is 12.1 Å². The van der Waals surface area contributed by atoms with Gasteiger partial charge in [0.25, 0.3) is 11.6 Å². The highest BCUT2D eigenvalue weighted by Gasteiger charge is 2.63. The van der Waals surface area contributed by atoms with Crippen LogP contribution in [-0.4, -0.2) is 40.2 Å². The second-order valence-corrected chi connectivity index (χ2v) is 6.66. The molecule has 0 saturated carbocycles. The van der Waals surface area contributed by atoms with E-state index in [0.717, 1.165) is 11.1 Å². The third-order valence-electron chi connectivity index (χ3n) is 4.50. The molecule has 2 aromatic rings. The minimum Gasteiger partial charge on any atom is -0.483 e. The van der Waals surface area contributed by atoms with E-state index in [1.165, 1.54) is 0 Å². The molecule has 5 nitrogen and oxygen atoms in total. The molecule has 0 fully saturated rings. The van der Waals surface area contributed by atoms with E-state index < -0.39 is 30.8 Å². The summed E-state index contributed by atoms with van der Waals surface area (Å²) in [7, 11) is 0. The van der Waals surface area contributed by atoms with Gasteiger partial charge in [-0.2, -0.15) is 23.3 Å². The minimum atomic E-state index is -5.08. The largest absolute Gasteiger partial charge is 0.483 e. The molecule has 0 unspecified atom stereocenters. The third-order valence-corrected chi connectivity index (χ3v) is 4.50. The Morgan fingerprint density at radius 3 is 2.43 bits per heavy atom. The number of carbonyl (C=O) groups is 1. The Kier molecular flexibility index (Phi) is 5.16. The van der Waals surface area contributed by atoms with Crippen LogP contribution in [0.1, 0.15) is 23.1 Å². The molecule has 1 aliphatic rings. The molecule has 0 saturated heterocycles. The zero-order chi connectivity index (χ0) is 20.5. The Bertz CT molecular complexity index is 910. The lowest BCUT2D eigenvalue weighted by Crippen LogP contribution is -2.57. The number of amides is 1. The summed E-state index contributed by atoms with van der Waals surface area (Å²) < 4.78 is 46.1. The predicted octanol–water partition coefficient (Wildman–Crippen LogP) is 3.57. The number of hydrogen-bond acceptors (Lipinski definition) is 4. The van der Waals surface area contributed by atoms with E-state index in [2.05, 4.69) is 5.10 Å². The molecule has 0 bridgehead atoms. The molecule has 0 aromatic heterocycles. The van der Waals surface area contributed by atoms with Gasteiger partial charge in [-0.05, 0) is 31.0 Å². The molecular formula is C20H19F3N2O3. The van der Waals surface area contributed by atoms with E-state index in [0.29, 0.717) is 11.3 Å². The lowest BCUT2D eigenvalue weighted by atomic mass is 10.00. The number of alkyl halides is 3. The number of ether oxygens (including phenoxy) is 1. The van der Waals surface area contributed by atoms with Gasteiger partial charge in [0, 0.05) is 0 Å². The van der Waals surface area contributed by atoms with E-state index in [4.69, 9.17) is 4.74 Å². The van der Waals surface area contributed by atoms with Crippen molar-refractivity contribution in [2.75, 3.05) is 6.61 Å². The summed E-state index contributed by atoms with van der Waals surface area (Å²) in [6.45, 7) is 2.90. The Labute approximate surface area is 160 Å². The number of hydrogen-bond donors (Lipinski definition) is 1. The number of rotatable bonds is 4. The van der Waals surface area contributed by atoms with Crippen LogP contribution in [-0.2, 0) is 4.79 Å². The van der Waals surface area contributed by atoms with Gasteiger partial charge in [-0.25, -0.2) is 0 Å². The second kappa shape index (κ2) is 7.27. The maximum absolute atomic E-state index is 13.6. The summed E-state index contributed by atoms with van der Waals surface area (Å²) in [5, 5.41) is 14.2. The molecule has 0 spiro atoms. The summed E-state index contributed by atoms with van der Waals surface area (Å²) in [5.74, 6) is -0.724. The Balaban J connectivity index is 1.86. The average Bonchev–Trinajstić information content (AvgIpc) is 3.00. The fourth-order valence-electron chi connectivity index (χ4n) is 2.85. The molecular weight excluding hydrogens is 373 g/mol. The van der Waals surface area contributed by atoms with E-state index in [1.807, 2.05) is 6.92 Å². The van der Waals surface area contributed by atoms with Crippen molar-refractivity contribution in [1.29, 1.82) is 0 Å². The first-order valence-electron chi connectivity index (χ1n) is 8.57. The number of benzene rings is 2. The lowest BCUT2D eigenvalue weighted by Gasteiger charge is -2.32. The van der Waals surface area contributed by atoms with Crippen LogP contribution < -0.4 is 4.74 Å². The van der Waals surface area contributed by atoms with Gasteiger partial charge in [0.1, 0.15) is 5.75 Å².